The molecule has 0 radical (unpaired) electrons. The zero-order valence-electron chi connectivity index (χ0n) is 3.09. The van der Waals surface area contributed by atoms with Crippen molar-refractivity contribution in [3.63, 3.8) is 0 Å². The summed E-state index contributed by atoms with van der Waals surface area (Å²) < 4.78 is 0. The normalized spacial score (nSPS) is 9.50. The van der Waals surface area contributed by atoms with Gasteiger partial charge in [0.2, 0.25) is 5.12 Å². The van der Waals surface area contributed by atoms with Gasteiger partial charge >= 0.3 is 0 Å². The summed E-state index contributed by atoms with van der Waals surface area (Å²) in [6.07, 6.45) is 2.32. The molecule has 0 amide bonds. The zero-order chi connectivity index (χ0) is 4.99. The average Bonchev–Trinajstić information content (AvgIpc) is 1.35. The van der Waals surface area contributed by atoms with Crippen molar-refractivity contribution in [1.82, 2.24) is 0 Å². The summed E-state index contributed by atoms with van der Waals surface area (Å²) in [5, 5.41) is -0.322. The van der Waals surface area contributed by atoms with Gasteiger partial charge in [0.1, 0.15) is 0 Å². The van der Waals surface area contributed by atoms with E-state index in [0.29, 0.717) is 0 Å². The highest BCUT2D eigenvalue weighted by Gasteiger charge is 1.74. The van der Waals surface area contributed by atoms with E-state index >= 15 is 0 Å². The van der Waals surface area contributed by atoms with Crippen LogP contribution in [-0.2, 0) is 4.79 Å². The molecule has 0 aromatic heterocycles. The molecule has 0 rings (SSSR count). The lowest BCUT2D eigenvalue weighted by Gasteiger charge is -1.67. The Hall–Kier alpha value is -0.440. The quantitative estimate of drug-likeness (QED) is 0.360. The van der Waals surface area contributed by atoms with Gasteiger partial charge in [-0.25, -0.2) is 0 Å². The third-order valence-corrected chi connectivity index (χ3v) is 0.388. The Morgan fingerprint density at radius 3 is 2.33 bits per heavy atom. The number of thiol groups is 1. The molecule has 34 valence electrons. The minimum Gasteiger partial charge on any atom is -0.404 e. The lowest BCUT2D eigenvalue weighted by Crippen LogP contribution is -1.80. The van der Waals surface area contributed by atoms with E-state index < -0.39 is 0 Å². The molecule has 0 aliphatic rings. The predicted molar refractivity (Wildman–Crippen MR) is 27.3 cm³/mol. The number of hydrogen-bond donors (Lipinski definition) is 2. The fraction of sp³-hybridized carbons (Fsp3) is 0. The number of carbonyl (C=O) groups excluding carboxylic acids is 1. The maximum atomic E-state index is 9.74. The first-order valence-electron chi connectivity index (χ1n) is 1.38. The van der Waals surface area contributed by atoms with Gasteiger partial charge in [-0.15, -0.1) is 12.6 Å². The highest BCUT2D eigenvalue weighted by Crippen LogP contribution is 1.75. The van der Waals surface area contributed by atoms with Crippen LogP contribution in [0.2, 0.25) is 0 Å². The van der Waals surface area contributed by atoms with Crippen molar-refractivity contribution in [2.24, 2.45) is 5.73 Å². The third-order valence-electron chi connectivity index (χ3n) is 0.239. The second-order valence-electron chi connectivity index (χ2n) is 0.697. The second-order valence-corrected chi connectivity index (χ2v) is 1.14. The number of carbonyl (C=O) groups is 1. The fourth-order valence-electron chi connectivity index (χ4n) is 0.0823. The van der Waals surface area contributed by atoms with E-state index in [2.05, 4.69) is 12.6 Å². The number of rotatable bonds is 1. The molecule has 3 heteroatoms. The summed E-state index contributed by atoms with van der Waals surface area (Å²) in [6.45, 7) is 0. The van der Waals surface area contributed by atoms with Gasteiger partial charge in [0.25, 0.3) is 0 Å². The first kappa shape index (κ1) is 5.56. The van der Waals surface area contributed by atoms with Crippen LogP contribution < -0.4 is 5.73 Å². The maximum Gasteiger partial charge on any atom is 0.210 e. The van der Waals surface area contributed by atoms with E-state index in [9.17, 15) is 4.79 Å². The molecule has 6 heavy (non-hydrogen) atoms. The van der Waals surface area contributed by atoms with Crippen molar-refractivity contribution in [1.29, 1.82) is 0 Å². The number of nitrogens with two attached hydrogens (primary N) is 1. The molecule has 0 spiro atoms. The van der Waals surface area contributed by atoms with Crippen LogP contribution >= 0.6 is 12.6 Å². The molecular weight excluding hydrogens is 98.1 g/mol. The third kappa shape index (κ3) is 3.56. The first-order chi connectivity index (χ1) is 2.77. The van der Waals surface area contributed by atoms with Gasteiger partial charge in [-0.1, -0.05) is 0 Å². The van der Waals surface area contributed by atoms with Gasteiger partial charge in [0, 0.05) is 6.08 Å². The monoisotopic (exact) mass is 103 g/mol. The van der Waals surface area contributed by atoms with E-state index in [1.807, 2.05) is 0 Å². The summed E-state index contributed by atoms with van der Waals surface area (Å²) in [5.41, 5.74) is 4.78. The average molecular weight is 103 g/mol. The van der Waals surface area contributed by atoms with Crippen molar-refractivity contribution in [2.75, 3.05) is 0 Å². The molecule has 0 fully saturated rings. The summed E-state index contributed by atoms with van der Waals surface area (Å²) in [6, 6.07) is 0. The van der Waals surface area contributed by atoms with Crippen molar-refractivity contribution in [2.45, 2.75) is 0 Å². The Bertz CT molecular complexity index is 78.9. The first-order valence-corrected chi connectivity index (χ1v) is 1.83. The molecule has 0 aromatic rings. The molecule has 0 unspecified atom stereocenters. The second kappa shape index (κ2) is 2.78. The minimum atomic E-state index is -0.322. The summed E-state index contributed by atoms with van der Waals surface area (Å²) in [7, 11) is 0. The Balaban J connectivity index is 3.30. The Morgan fingerprint density at radius 1 is 1.83 bits per heavy atom. The Labute approximate surface area is 41.4 Å². The molecule has 0 bridgehead atoms. The predicted octanol–water partition coefficient (Wildman–Crippen LogP) is -0.0848. The van der Waals surface area contributed by atoms with E-state index in [1.165, 1.54) is 6.08 Å². The number of hydrogen-bond acceptors (Lipinski definition) is 2. The van der Waals surface area contributed by atoms with Crippen LogP contribution in [0.3, 0.4) is 0 Å². The lowest BCUT2D eigenvalue weighted by atomic mass is 10.7. The SMILES string of the molecule is N/C=C/C(=O)S. The smallest absolute Gasteiger partial charge is 0.210 e. The van der Waals surface area contributed by atoms with Crippen molar-refractivity contribution in [3.8, 4) is 0 Å². The largest absolute Gasteiger partial charge is 0.404 e. The standard InChI is InChI=1S/C3H5NOS/c4-2-1-3(5)6/h1-2H,4H2,(H,5,6)/b2-1+. The molecule has 0 aromatic carbocycles. The lowest BCUT2D eigenvalue weighted by molar-refractivity contribution is -0.106. The molecule has 0 saturated carbocycles. The highest BCUT2D eigenvalue weighted by atomic mass is 32.1. The molecule has 0 atom stereocenters. The van der Waals surface area contributed by atoms with Crippen molar-refractivity contribution in [3.05, 3.63) is 12.3 Å². The Kier molecular flexibility index (Phi) is 2.58. The van der Waals surface area contributed by atoms with E-state index in [1.54, 1.807) is 0 Å². The van der Waals surface area contributed by atoms with Crippen molar-refractivity contribution >= 4 is 17.7 Å². The van der Waals surface area contributed by atoms with Crippen LogP contribution in [0.1, 0.15) is 0 Å². The van der Waals surface area contributed by atoms with Crippen LogP contribution in [0.25, 0.3) is 0 Å². The van der Waals surface area contributed by atoms with Gasteiger partial charge in [-0.3, -0.25) is 4.79 Å². The topological polar surface area (TPSA) is 43.1 Å². The molecule has 0 saturated heterocycles. The molecule has 0 heterocycles. The molecule has 2 nitrogen and oxygen atoms in total. The van der Waals surface area contributed by atoms with Crippen LogP contribution in [-0.4, -0.2) is 5.12 Å². The Morgan fingerprint density at radius 2 is 2.33 bits per heavy atom. The molecular formula is C3H5NOS. The fourth-order valence-corrected chi connectivity index (χ4v) is 0.168. The van der Waals surface area contributed by atoms with E-state index in [0.717, 1.165) is 6.20 Å². The van der Waals surface area contributed by atoms with Gasteiger partial charge in [0.05, 0.1) is 0 Å². The highest BCUT2D eigenvalue weighted by molar-refractivity contribution is 7.97. The van der Waals surface area contributed by atoms with E-state index in [-0.39, 0.29) is 5.12 Å². The van der Waals surface area contributed by atoms with Crippen LogP contribution in [0.4, 0.5) is 0 Å². The molecule has 0 aliphatic heterocycles. The van der Waals surface area contributed by atoms with Crippen LogP contribution in [0.15, 0.2) is 12.3 Å². The zero-order valence-corrected chi connectivity index (χ0v) is 3.98. The van der Waals surface area contributed by atoms with Gasteiger partial charge in [0.15, 0.2) is 0 Å². The molecule has 2 N–H and O–H groups in total. The van der Waals surface area contributed by atoms with Crippen LogP contribution in [0.5, 0.6) is 0 Å². The summed E-state index contributed by atoms with van der Waals surface area (Å²) in [4.78, 5) is 9.74. The maximum absolute atomic E-state index is 9.74. The van der Waals surface area contributed by atoms with Gasteiger partial charge in [-0.05, 0) is 6.20 Å². The molecule has 0 aliphatic carbocycles. The van der Waals surface area contributed by atoms with Crippen LogP contribution in [0, 0.1) is 0 Å². The minimum absolute atomic E-state index is 0.322. The van der Waals surface area contributed by atoms with Crippen molar-refractivity contribution < 1.29 is 4.79 Å². The van der Waals surface area contributed by atoms with Gasteiger partial charge < -0.3 is 5.73 Å². The van der Waals surface area contributed by atoms with E-state index in [4.69, 9.17) is 5.73 Å². The summed E-state index contributed by atoms with van der Waals surface area (Å²) >= 11 is 3.37. The summed E-state index contributed by atoms with van der Waals surface area (Å²) in [5.74, 6) is 0. The van der Waals surface area contributed by atoms with Gasteiger partial charge in [-0.2, -0.15) is 0 Å².